The quantitative estimate of drug-likeness (QED) is 0.418. The van der Waals surface area contributed by atoms with Crippen molar-refractivity contribution in [3.63, 3.8) is 0 Å². The molecular weight excluding hydrogens is 443 g/mol. The molecule has 6 heteroatoms. The van der Waals surface area contributed by atoms with Crippen LogP contribution in [0.4, 0.5) is 13.2 Å². The van der Waals surface area contributed by atoms with Crippen LogP contribution in [0.2, 0.25) is 0 Å². The van der Waals surface area contributed by atoms with Crippen LogP contribution < -0.4 is 0 Å². The third kappa shape index (κ3) is 5.94. The van der Waals surface area contributed by atoms with Gasteiger partial charge in [0.05, 0.1) is 5.56 Å². The number of alkyl halides is 3. The van der Waals surface area contributed by atoms with Gasteiger partial charge in [0, 0.05) is 23.1 Å². The monoisotopic (exact) mass is 461 g/mol. The lowest BCUT2D eigenvalue weighted by atomic mass is 10.1. The molecule has 3 aromatic carbocycles. The topological polar surface area (TPSA) is 20.3 Å². The Morgan fingerprint density at radius 2 is 1.45 bits per heavy atom. The first kappa shape index (κ1) is 21.1. The van der Waals surface area contributed by atoms with Gasteiger partial charge in [-0.2, -0.15) is 13.2 Å². The van der Waals surface area contributed by atoms with Gasteiger partial charge in [-0.3, -0.25) is 4.79 Å². The van der Waals surface area contributed by atoms with Crippen molar-refractivity contribution in [3.8, 4) is 0 Å². The van der Waals surface area contributed by atoms with E-state index in [1.54, 1.807) is 29.2 Å². The SMILES string of the molecule is O=C(c1ccc(Br)cc1)N(CCc1ccccc1)Cc1ccc(C(F)(F)F)cc1. The molecule has 3 rings (SSSR count). The fourth-order valence-corrected chi connectivity index (χ4v) is 3.22. The Hall–Kier alpha value is -2.60. The van der Waals surface area contributed by atoms with E-state index in [0.717, 1.165) is 22.2 Å². The molecule has 3 aromatic rings. The molecule has 0 heterocycles. The zero-order chi connectivity index (χ0) is 20.9. The third-order valence-electron chi connectivity index (χ3n) is 4.55. The number of carbonyl (C=O) groups excluding carboxylic acids is 1. The minimum absolute atomic E-state index is 0.159. The number of benzene rings is 3. The van der Waals surface area contributed by atoms with Gasteiger partial charge < -0.3 is 4.90 Å². The van der Waals surface area contributed by atoms with Crippen LogP contribution in [0.3, 0.4) is 0 Å². The van der Waals surface area contributed by atoms with Gasteiger partial charge in [0.25, 0.3) is 5.91 Å². The molecule has 29 heavy (non-hydrogen) atoms. The van der Waals surface area contributed by atoms with Crippen LogP contribution in [0.1, 0.15) is 27.0 Å². The van der Waals surface area contributed by atoms with E-state index >= 15 is 0 Å². The highest BCUT2D eigenvalue weighted by atomic mass is 79.9. The number of rotatable bonds is 6. The molecule has 1 amide bonds. The van der Waals surface area contributed by atoms with Gasteiger partial charge in [-0.1, -0.05) is 58.4 Å². The van der Waals surface area contributed by atoms with Gasteiger partial charge in [-0.15, -0.1) is 0 Å². The molecule has 0 saturated heterocycles. The third-order valence-corrected chi connectivity index (χ3v) is 5.07. The van der Waals surface area contributed by atoms with Crippen LogP contribution in [0, 0.1) is 0 Å². The van der Waals surface area contributed by atoms with Crippen LogP contribution in [-0.2, 0) is 19.1 Å². The lowest BCUT2D eigenvalue weighted by molar-refractivity contribution is -0.137. The first-order valence-corrected chi connectivity index (χ1v) is 9.87. The molecule has 0 aliphatic rings. The summed E-state index contributed by atoms with van der Waals surface area (Å²) >= 11 is 3.35. The van der Waals surface area contributed by atoms with E-state index in [9.17, 15) is 18.0 Å². The van der Waals surface area contributed by atoms with Crippen LogP contribution >= 0.6 is 15.9 Å². The largest absolute Gasteiger partial charge is 0.416 e. The number of halogens is 4. The van der Waals surface area contributed by atoms with E-state index in [2.05, 4.69) is 15.9 Å². The summed E-state index contributed by atoms with van der Waals surface area (Å²) in [5.41, 5.74) is 1.58. The molecule has 0 spiro atoms. The predicted molar refractivity (Wildman–Crippen MR) is 110 cm³/mol. The van der Waals surface area contributed by atoms with Gasteiger partial charge in [-0.05, 0) is 53.9 Å². The fourth-order valence-electron chi connectivity index (χ4n) is 2.96. The van der Waals surface area contributed by atoms with E-state index < -0.39 is 11.7 Å². The van der Waals surface area contributed by atoms with Crippen LogP contribution in [0.15, 0.2) is 83.3 Å². The number of hydrogen-bond acceptors (Lipinski definition) is 1. The summed E-state index contributed by atoms with van der Waals surface area (Å²) in [5.74, 6) is -0.159. The first-order valence-electron chi connectivity index (χ1n) is 9.08. The maximum Gasteiger partial charge on any atom is 0.416 e. The van der Waals surface area contributed by atoms with Gasteiger partial charge in [0.1, 0.15) is 0 Å². The average molecular weight is 462 g/mol. The Morgan fingerprint density at radius 1 is 0.828 bits per heavy atom. The normalized spacial score (nSPS) is 11.3. The minimum atomic E-state index is -4.38. The molecular formula is C23H19BrF3NO. The predicted octanol–water partition coefficient (Wildman–Crippen LogP) is 6.35. The summed E-state index contributed by atoms with van der Waals surface area (Å²) in [4.78, 5) is 14.7. The molecule has 0 aliphatic heterocycles. The Balaban J connectivity index is 1.79. The second-order valence-corrected chi connectivity index (χ2v) is 7.58. The van der Waals surface area contributed by atoms with Crippen LogP contribution in [-0.4, -0.2) is 17.4 Å². The van der Waals surface area contributed by atoms with Crippen molar-refractivity contribution in [1.29, 1.82) is 0 Å². The summed E-state index contributed by atoms with van der Waals surface area (Å²) < 4.78 is 39.3. The Morgan fingerprint density at radius 3 is 2.03 bits per heavy atom. The van der Waals surface area contributed by atoms with E-state index in [4.69, 9.17) is 0 Å². The zero-order valence-corrected chi connectivity index (χ0v) is 17.1. The van der Waals surface area contributed by atoms with Crippen molar-refractivity contribution in [2.24, 2.45) is 0 Å². The molecule has 0 aliphatic carbocycles. The molecule has 0 saturated carbocycles. The summed E-state index contributed by atoms with van der Waals surface area (Å²) in [6, 6.07) is 21.8. The van der Waals surface area contributed by atoms with Gasteiger partial charge in [-0.25, -0.2) is 0 Å². The molecule has 2 nitrogen and oxygen atoms in total. The molecule has 0 N–H and O–H groups in total. The lowest BCUT2D eigenvalue weighted by Crippen LogP contribution is -2.32. The van der Waals surface area contributed by atoms with Gasteiger partial charge in [0.2, 0.25) is 0 Å². The molecule has 0 radical (unpaired) electrons. The van der Waals surface area contributed by atoms with Crippen molar-refractivity contribution in [1.82, 2.24) is 4.90 Å². The second-order valence-electron chi connectivity index (χ2n) is 6.66. The molecule has 0 bridgehead atoms. The molecule has 0 fully saturated rings. The highest BCUT2D eigenvalue weighted by Crippen LogP contribution is 2.29. The zero-order valence-electron chi connectivity index (χ0n) is 15.5. The van der Waals surface area contributed by atoms with E-state index in [1.807, 2.05) is 30.3 Å². The van der Waals surface area contributed by atoms with E-state index in [1.165, 1.54) is 12.1 Å². The summed E-state index contributed by atoms with van der Waals surface area (Å²) in [6.07, 6.45) is -3.72. The van der Waals surface area contributed by atoms with Gasteiger partial charge >= 0.3 is 6.18 Å². The van der Waals surface area contributed by atoms with Crippen molar-refractivity contribution < 1.29 is 18.0 Å². The number of nitrogens with zero attached hydrogens (tertiary/aromatic N) is 1. The average Bonchev–Trinajstić information content (AvgIpc) is 2.71. The Kier molecular flexibility index (Phi) is 6.75. The maximum atomic E-state index is 13.0. The summed E-state index contributed by atoms with van der Waals surface area (Å²) in [6.45, 7) is 0.694. The van der Waals surface area contributed by atoms with Crippen molar-refractivity contribution in [3.05, 3.63) is 106 Å². The fraction of sp³-hybridized carbons (Fsp3) is 0.174. The lowest BCUT2D eigenvalue weighted by Gasteiger charge is -2.23. The maximum absolute atomic E-state index is 13.0. The smallest absolute Gasteiger partial charge is 0.334 e. The Bertz CT molecular complexity index is 939. The molecule has 0 atom stereocenters. The van der Waals surface area contributed by atoms with E-state index in [0.29, 0.717) is 24.1 Å². The van der Waals surface area contributed by atoms with Crippen molar-refractivity contribution in [2.45, 2.75) is 19.1 Å². The van der Waals surface area contributed by atoms with Crippen molar-refractivity contribution in [2.75, 3.05) is 6.54 Å². The summed E-state index contributed by atoms with van der Waals surface area (Å²) in [5, 5.41) is 0. The number of carbonyl (C=O) groups is 1. The van der Waals surface area contributed by atoms with Gasteiger partial charge in [0.15, 0.2) is 0 Å². The van der Waals surface area contributed by atoms with Crippen LogP contribution in [0.25, 0.3) is 0 Å². The molecule has 0 unspecified atom stereocenters. The van der Waals surface area contributed by atoms with E-state index in [-0.39, 0.29) is 12.5 Å². The van der Waals surface area contributed by atoms with Crippen molar-refractivity contribution >= 4 is 21.8 Å². The number of hydrogen-bond donors (Lipinski definition) is 0. The second kappa shape index (κ2) is 9.27. The minimum Gasteiger partial charge on any atom is -0.334 e. The molecule has 0 aromatic heterocycles. The molecule has 150 valence electrons. The highest BCUT2D eigenvalue weighted by Gasteiger charge is 2.30. The first-order chi connectivity index (χ1) is 13.8. The highest BCUT2D eigenvalue weighted by molar-refractivity contribution is 9.10. The standard InChI is InChI=1S/C23H19BrF3NO/c24-21-12-8-19(9-13-21)22(29)28(15-14-17-4-2-1-3-5-17)16-18-6-10-20(11-7-18)23(25,26)27/h1-13H,14-16H2. The van der Waals surface area contributed by atoms with Crippen LogP contribution in [0.5, 0.6) is 0 Å². The summed E-state index contributed by atoms with van der Waals surface area (Å²) in [7, 11) is 0. The Labute approximate surface area is 176 Å². The number of amides is 1.